The van der Waals surface area contributed by atoms with Crippen LogP contribution in [0.5, 0.6) is 5.75 Å². The summed E-state index contributed by atoms with van der Waals surface area (Å²) in [6.07, 6.45) is 0. The Balaban J connectivity index is 2.08. The number of amides is 1. The van der Waals surface area contributed by atoms with Crippen molar-refractivity contribution in [2.24, 2.45) is 0 Å². The summed E-state index contributed by atoms with van der Waals surface area (Å²) in [5.74, 6) is -1.76. The number of ether oxygens (including phenoxy) is 1. The summed E-state index contributed by atoms with van der Waals surface area (Å²) in [5, 5.41) is 11.1. The van der Waals surface area contributed by atoms with Crippen LogP contribution in [0.4, 0.5) is 4.39 Å². The van der Waals surface area contributed by atoms with E-state index in [9.17, 15) is 14.3 Å². The predicted octanol–water partition coefficient (Wildman–Crippen LogP) is 0.508. The number of benzene rings is 1. The maximum atomic E-state index is 13.4. The number of nitrogens with zero attached hydrogens (tertiary/aromatic N) is 1. The summed E-state index contributed by atoms with van der Waals surface area (Å²) in [5.41, 5.74) is 2.20. The highest BCUT2D eigenvalue weighted by Gasteiger charge is 2.19. The average Bonchev–Trinajstić information content (AvgIpc) is 2.30. The molecule has 92 valence electrons. The second-order valence-electron chi connectivity index (χ2n) is 3.67. The zero-order chi connectivity index (χ0) is 12.3. The molecular formula is C11H13FN2O3. The SMILES string of the molecule is O=C(NN1CCOCC1)c1c(O)cccc1F. The molecule has 1 saturated heterocycles. The Morgan fingerprint density at radius 3 is 2.76 bits per heavy atom. The maximum Gasteiger partial charge on any atom is 0.272 e. The fourth-order valence-electron chi connectivity index (χ4n) is 1.61. The van der Waals surface area contributed by atoms with E-state index in [-0.39, 0.29) is 11.3 Å². The first-order valence-corrected chi connectivity index (χ1v) is 5.29. The third-order valence-corrected chi connectivity index (χ3v) is 2.49. The van der Waals surface area contributed by atoms with Crippen LogP contribution >= 0.6 is 0 Å². The van der Waals surface area contributed by atoms with Gasteiger partial charge in [0.15, 0.2) is 0 Å². The van der Waals surface area contributed by atoms with E-state index < -0.39 is 11.7 Å². The number of morpholine rings is 1. The highest BCUT2D eigenvalue weighted by Crippen LogP contribution is 2.19. The molecule has 0 unspecified atom stereocenters. The van der Waals surface area contributed by atoms with Gasteiger partial charge in [-0.15, -0.1) is 0 Å². The van der Waals surface area contributed by atoms with Crippen molar-refractivity contribution < 1.29 is 19.0 Å². The second kappa shape index (κ2) is 5.11. The van der Waals surface area contributed by atoms with Gasteiger partial charge in [0.1, 0.15) is 17.1 Å². The standard InChI is InChI=1S/C11H13FN2O3/c12-8-2-1-3-9(15)10(8)11(16)13-14-4-6-17-7-5-14/h1-3,15H,4-7H2,(H,13,16). The fraction of sp³-hybridized carbons (Fsp3) is 0.364. The minimum Gasteiger partial charge on any atom is -0.507 e. The van der Waals surface area contributed by atoms with Crippen molar-refractivity contribution in [2.75, 3.05) is 26.3 Å². The molecule has 1 amide bonds. The van der Waals surface area contributed by atoms with Crippen LogP contribution < -0.4 is 5.43 Å². The van der Waals surface area contributed by atoms with Crippen molar-refractivity contribution in [1.29, 1.82) is 0 Å². The lowest BCUT2D eigenvalue weighted by Gasteiger charge is -2.27. The molecule has 1 heterocycles. The number of hydrogen-bond acceptors (Lipinski definition) is 4. The van der Waals surface area contributed by atoms with E-state index in [2.05, 4.69) is 5.43 Å². The summed E-state index contributed by atoms with van der Waals surface area (Å²) in [7, 11) is 0. The summed E-state index contributed by atoms with van der Waals surface area (Å²) >= 11 is 0. The van der Waals surface area contributed by atoms with Crippen LogP contribution in [-0.2, 0) is 4.74 Å². The molecule has 17 heavy (non-hydrogen) atoms. The van der Waals surface area contributed by atoms with Gasteiger partial charge in [-0.25, -0.2) is 9.40 Å². The summed E-state index contributed by atoms with van der Waals surface area (Å²) in [6.45, 7) is 2.12. The molecule has 1 aliphatic heterocycles. The van der Waals surface area contributed by atoms with Gasteiger partial charge in [0.05, 0.1) is 13.2 Å². The van der Waals surface area contributed by atoms with Crippen LogP contribution in [0.25, 0.3) is 0 Å². The Morgan fingerprint density at radius 2 is 2.12 bits per heavy atom. The number of hydrazine groups is 1. The first kappa shape index (κ1) is 11.8. The third kappa shape index (κ3) is 2.72. The Morgan fingerprint density at radius 1 is 1.41 bits per heavy atom. The summed E-state index contributed by atoms with van der Waals surface area (Å²) in [6, 6.07) is 3.75. The number of hydrogen-bond donors (Lipinski definition) is 2. The Labute approximate surface area is 97.8 Å². The molecule has 5 nitrogen and oxygen atoms in total. The number of phenols is 1. The highest BCUT2D eigenvalue weighted by molar-refractivity contribution is 5.96. The molecule has 0 aromatic heterocycles. The van der Waals surface area contributed by atoms with Crippen molar-refractivity contribution in [3.8, 4) is 5.75 Å². The number of carbonyl (C=O) groups excluding carboxylic acids is 1. The molecule has 0 saturated carbocycles. The van der Waals surface area contributed by atoms with E-state index in [0.717, 1.165) is 6.07 Å². The van der Waals surface area contributed by atoms with Crippen LogP contribution in [-0.4, -0.2) is 42.3 Å². The van der Waals surface area contributed by atoms with Crippen LogP contribution in [0, 0.1) is 5.82 Å². The van der Waals surface area contributed by atoms with Crippen molar-refractivity contribution in [3.63, 3.8) is 0 Å². The first-order chi connectivity index (χ1) is 8.18. The number of aromatic hydroxyl groups is 1. The molecule has 1 aromatic rings. The van der Waals surface area contributed by atoms with Gasteiger partial charge in [0.2, 0.25) is 0 Å². The molecule has 1 aromatic carbocycles. The van der Waals surface area contributed by atoms with Crippen LogP contribution in [0.15, 0.2) is 18.2 Å². The zero-order valence-corrected chi connectivity index (χ0v) is 9.15. The van der Waals surface area contributed by atoms with Gasteiger partial charge >= 0.3 is 0 Å². The zero-order valence-electron chi connectivity index (χ0n) is 9.15. The molecule has 0 bridgehead atoms. The second-order valence-corrected chi connectivity index (χ2v) is 3.67. The molecule has 0 aliphatic carbocycles. The number of carbonyl (C=O) groups is 1. The molecule has 6 heteroatoms. The number of phenolic OH excluding ortho intramolecular Hbond substituents is 1. The quantitative estimate of drug-likeness (QED) is 0.790. The molecular weight excluding hydrogens is 227 g/mol. The van der Waals surface area contributed by atoms with Crippen molar-refractivity contribution >= 4 is 5.91 Å². The molecule has 2 N–H and O–H groups in total. The normalized spacial score (nSPS) is 16.8. The van der Waals surface area contributed by atoms with Gasteiger partial charge in [-0.3, -0.25) is 10.2 Å². The number of rotatable bonds is 2. The third-order valence-electron chi connectivity index (χ3n) is 2.49. The lowest BCUT2D eigenvalue weighted by molar-refractivity contribution is 0.0124. The van der Waals surface area contributed by atoms with Crippen molar-refractivity contribution in [2.45, 2.75) is 0 Å². The highest BCUT2D eigenvalue weighted by atomic mass is 19.1. The predicted molar refractivity (Wildman–Crippen MR) is 57.9 cm³/mol. The Bertz CT molecular complexity index is 399. The first-order valence-electron chi connectivity index (χ1n) is 5.29. The largest absolute Gasteiger partial charge is 0.507 e. The van der Waals surface area contributed by atoms with Crippen molar-refractivity contribution in [1.82, 2.24) is 10.4 Å². The maximum absolute atomic E-state index is 13.4. The van der Waals surface area contributed by atoms with Crippen molar-refractivity contribution in [3.05, 3.63) is 29.6 Å². The Kier molecular flexibility index (Phi) is 3.55. The van der Waals surface area contributed by atoms with Gasteiger partial charge in [-0.05, 0) is 12.1 Å². The topological polar surface area (TPSA) is 61.8 Å². The van der Waals surface area contributed by atoms with Gasteiger partial charge in [0.25, 0.3) is 5.91 Å². The van der Waals surface area contributed by atoms with Gasteiger partial charge < -0.3 is 9.84 Å². The molecule has 1 aliphatic rings. The lowest BCUT2D eigenvalue weighted by Crippen LogP contribution is -2.48. The van der Waals surface area contributed by atoms with E-state index in [1.54, 1.807) is 5.01 Å². The lowest BCUT2D eigenvalue weighted by atomic mass is 10.2. The number of halogens is 1. The molecule has 1 fully saturated rings. The molecule has 2 rings (SSSR count). The van der Waals surface area contributed by atoms with Crippen LogP contribution in [0.3, 0.4) is 0 Å². The summed E-state index contributed by atoms with van der Waals surface area (Å²) in [4.78, 5) is 11.8. The van der Waals surface area contributed by atoms with E-state index >= 15 is 0 Å². The van der Waals surface area contributed by atoms with E-state index in [1.807, 2.05) is 0 Å². The van der Waals surface area contributed by atoms with E-state index in [4.69, 9.17) is 4.74 Å². The summed E-state index contributed by atoms with van der Waals surface area (Å²) < 4.78 is 18.5. The van der Waals surface area contributed by atoms with Gasteiger partial charge in [-0.1, -0.05) is 6.07 Å². The van der Waals surface area contributed by atoms with Gasteiger partial charge in [-0.2, -0.15) is 0 Å². The van der Waals surface area contributed by atoms with Crippen LogP contribution in [0.2, 0.25) is 0 Å². The smallest absolute Gasteiger partial charge is 0.272 e. The minimum atomic E-state index is -0.740. The monoisotopic (exact) mass is 240 g/mol. The molecule has 0 radical (unpaired) electrons. The van der Waals surface area contributed by atoms with E-state index in [0.29, 0.717) is 26.3 Å². The Hall–Kier alpha value is -1.66. The molecule has 0 atom stereocenters. The van der Waals surface area contributed by atoms with E-state index in [1.165, 1.54) is 12.1 Å². The fourth-order valence-corrected chi connectivity index (χ4v) is 1.61. The minimum absolute atomic E-state index is 0.334. The molecule has 0 spiro atoms. The number of nitrogens with one attached hydrogen (secondary N) is 1. The van der Waals surface area contributed by atoms with Crippen LogP contribution in [0.1, 0.15) is 10.4 Å². The average molecular weight is 240 g/mol. The van der Waals surface area contributed by atoms with Gasteiger partial charge in [0, 0.05) is 13.1 Å².